The average Bonchev–Trinajstić information content (AvgIpc) is 2.43. The highest BCUT2D eigenvalue weighted by Gasteiger charge is 2.21. The van der Waals surface area contributed by atoms with E-state index in [1.807, 2.05) is 0 Å². The number of hydrogen-bond donors (Lipinski definition) is 3. The van der Waals surface area contributed by atoms with Crippen LogP contribution in [0, 0.1) is 6.92 Å². The Morgan fingerprint density at radius 2 is 2.14 bits per heavy atom. The molecular weight excluding hydrogens is 286 g/mol. The van der Waals surface area contributed by atoms with Crippen molar-refractivity contribution in [3.8, 4) is 5.75 Å². The van der Waals surface area contributed by atoms with Crippen molar-refractivity contribution in [2.24, 2.45) is 5.73 Å². The van der Waals surface area contributed by atoms with E-state index in [9.17, 15) is 9.90 Å². The van der Waals surface area contributed by atoms with Gasteiger partial charge in [0.15, 0.2) is 0 Å². The van der Waals surface area contributed by atoms with E-state index >= 15 is 0 Å². The number of nitrogens with one attached hydrogen (secondary N) is 1. The van der Waals surface area contributed by atoms with Gasteiger partial charge in [-0.2, -0.15) is 0 Å². The molecule has 1 amide bonds. The van der Waals surface area contributed by atoms with E-state index in [2.05, 4.69) is 10.2 Å². The van der Waals surface area contributed by atoms with Gasteiger partial charge >= 0.3 is 0 Å². The van der Waals surface area contributed by atoms with Crippen molar-refractivity contribution in [3.63, 3.8) is 0 Å². The highest BCUT2D eigenvalue weighted by atomic mass is 32.1. The van der Waals surface area contributed by atoms with Gasteiger partial charge in [-0.1, -0.05) is 12.2 Å². The van der Waals surface area contributed by atoms with Crippen LogP contribution in [0.25, 0.3) is 0 Å². The van der Waals surface area contributed by atoms with Crippen LogP contribution in [0.15, 0.2) is 18.2 Å². The maximum Gasteiger partial charge on any atom is 0.251 e. The lowest BCUT2D eigenvalue weighted by Crippen LogP contribution is -2.46. The number of rotatable bonds is 4. The van der Waals surface area contributed by atoms with Crippen molar-refractivity contribution < 1.29 is 9.90 Å². The van der Waals surface area contributed by atoms with E-state index in [-0.39, 0.29) is 17.7 Å². The van der Waals surface area contributed by atoms with Gasteiger partial charge in [0.05, 0.1) is 4.99 Å². The van der Waals surface area contributed by atoms with Gasteiger partial charge in [0.25, 0.3) is 5.91 Å². The van der Waals surface area contributed by atoms with Gasteiger partial charge in [-0.25, -0.2) is 0 Å². The van der Waals surface area contributed by atoms with Gasteiger partial charge in [-0.15, -0.1) is 0 Å². The maximum absolute atomic E-state index is 12.2. The Bertz CT molecular complexity index is 540. The summed E-state index contributed by atoms with van der Waals surface area (Å²) in [4.78, 5) is 14.9. The second-order valence-corrected chi connectivity index (χ2v) is 6.02. The Balaban J connectivity index is 1.86. The topological polar surface area (TPSA) is 78.6 Å². The predicted octanol–water partition coefficient (Wildman–Crippen LogP) is 1.18. The number of nitrogens with two attached hydrogens (primary N) is 1. The van der Waals surface area contributed by atoms with Crippen molar-refractivity contribution in [3.05, 3.63) is 29.3 Å². The molecule has 0 aromatic heterocycles. The summed E-state index contributed by atoms with van der Waals surface area (Å²) in [7, 11) is 0. The number of nitrogens with zero attached hydrogens (tertiary/aromatic N) is 1. The normalized spacial score (nSPS) is 16.6. The molecule has 0 saturated carbocycles. The summed E-state index contributed by atoms with van der Waals surface area (Å²) in [5.41, 5.74) is 6.82. The Kier molecular flexibility index (Phi) is 5.14. The molecule has 1 saturated heterocycles. The summed E-state index contributed by atoms with van der Waals surface area (Å²) >= 11 is 4.91. The number of piperidine rings is 1. The fraction of sp³-hybridized carbons (Fsp3) is 0.467. The first kappa shape index (κ1) is 15.7. The smallest absolute Gasteiger partial charge is 0.251 e. The van der Waals surface area contributed by atoms with Crippen LogP contribution in [0.4, 0.5) is 0 Å². The number of aryl methyl sites for hydroxylation is 1. The fourth-order valence-corrected chi connectivity index (χ4v) is 2.70. The molecule has 0 unspecified atom stereocenters. The number of amides is 1. The molecule has 0 bridgehead atoms. The molecule has 114 valence electrons. The number of likely N-dealkylation sites (tertiary alicyclic amines) is 1. The standard InChI is InChI=1S/C15H21N3O2S/c1-10-8-11(2-3-13(10)19)15(20)17-12-4-6-18(7-5-12)9-14(16)21/h2-3,8,12,19H,4-7,9H2,1H3,(H2,16,21)(H,17,20). The van der Waals surface area contributed by atoms with Crippen LogP contribution >= 0.6 is 12.2 Å². The zero-order valence-electron chi connectivity index (χ0n) is 12.1. The van der Waals surface area contributed by atoms with Crippen molar-refractivity contribution in [1.82, 2.24) is 10.2 Å². The minimum Gasteiger partial charge on any atom is -0.508 e. The quantitative estimate of drug-likeness (QED) is 0.728. The number of aromatic hydroxyl groups is 1. The Morgan fingerprint density at radius 3 is 2.71 bits per heavy atom. The van der Waals surface area contributed by atoms with Gasteiger partial charge in [0, 0.05) is 31.2 Å². The average molecular weight is 307 g/mol. The SMILES string of the molecule is Cc1cc(C(=O)NC2CCN(CC(N)=S)CC2)ccc1O. The van der Waals surface area contributed by atoms with E-state index in [1.54, 1.807) is 25.1 Å². The van der Waals surface area contributed by atoms with Crippen LogP contribution in [0.1, 0.15) is 28.8 Å². The van der Waals surface area contributed by atoms with Gasteiger partial charge in [-0.05, 0) is 43.5 Å². The van der Waals surface area contributed by atoms with Crippen LogP contribution in [0.2, 0.25) is 0 Å². The van der Waals surface area contributed by atoms with Crippen molar-refractivity contribution in [1.29, 1.82) is 0 Å². The monoisotopic (exact) mass is 307 g/mol. The molecule has 5 nitrogen and oxygen atoms in total. The molecular formula is C15H21N3O2S. The number of hydrogen-bond acceptors (Lipinski definition) is 4. The largest absolute Gasteiger partial charge is 0.508 e. The highest BCUT2D eigenvalue weighted by Crippen LogP contribution is 2.17. The number of thiocarbonyl (C=S) groups is 1. The maximum atomic E-state index is 12.2. The Labute approximate surface area is 130 Å². The molecule has 1 aliphatic heterocycles. The molecule has 2 rings (SSSR count). The first-order valence-corrected chi connectivity index (χ1v) is 7.47. The van der Waals surface area contributed by atoms with E-state index in [0.29, 0.717) is 22.7 Å². The summed E-state index contributed by atoms with van der Waals surface area (Å²) in [6.45, 7) is 4.20. The molecule has 0 spiro atoms. The molecule has 21 heavy (non-hydrogen) atoms. The molecule has 1 fully saturated rings. The van der Waals surface area contributed by atoms with Gasteiger partial charge in [0.1, 0.15) is 5.75 Å². The first-order valence-electron chi connectivity index (χ1n) is 7.07. The number of phenolic OH excluding ortho intramolecular Hbond substituents is 1. The van der Waals surface area contributed by atoms with E-state index < -0.39 is 0 Å². The van der Waals surface area contributed by atoms with Gasteiger partial charge in [-0.3, -0.25) is 9.69 Å². The van der Waals surface area contributed by atoms with Crippen LogP contribution < -0.4 is 11.1 Å². The summed E-state index contributed by atoms with van der Waals surface area (Å²) < 4.78 is 0. The number of phenols is 1. The van der Waals surface area contributed by atoms with Crippen molar-refractivity contribution in [2.45, 2.75) is 25.8 Å². The number of benzene rings is 1. The van der Waals surface area contributed by atoms with Crippen LogP contribution in [0.5, 0.6) is 5.75 Å². The van der Waals surface area contributed by atoms with E-state index in [4.69, 9.17) is 18.0 Å². The predicted molar refractivity (Wildman–Crippen MR) is 86.6 cm³/mol. The second-order valence-electron chi connectivity index (χ2n) is 5.49. The number of carbonyl (C=O) groups excluding carboxylic acids is 1. The third-order valence-electron chi connectivity index (χ3n) is 3.76. The van der Waals surface area contributed by atoms with Gasteiger partial charge in [0.2, 0.25) is 0 Å². The summed E-state index contributed by atoms with van der Waals surface area (Å²) in [6.07, 6.45) is 1.79. The van der Waals surface area contributed by atoms with Crippen molar-refractivity contribution in [2.75, 3.05) is 19.6 Å². The summed E-state index contributed by atoms with van der Waals surface area (Å²) in [5.74, 6) is 0.114. The first-order chi connectivity index (χ1) is 9.95. The van der Waals surface area contributed by atoms with E-state index in [0.717, 1.165) is 25.9 Å². The minimum absolute atomic E-state index is 0.0918. The second kappa shape index (κ2) is 6.87. The molecule has 1 heterocycles. The molecule has 1 aromatic rings. The molecule has 4 N–H and O–H groups in total. The third kappa shape index (κ3) is 4.41. The van der Waals surface area contributed by atoms with Crippen LogP contribution in [-0.4, -0.2) is 46.6 Å². The fourth-order valence-electron chi connectivity index (χ4n) is 2.52. The van der Waals surface area contributed by atoms with E-state index in [1.165, 1.54) is 0 Å². The Morgan fingerprint density at radius 1 is 1.48 bits per heavy atom. The van der Waals surface area contributed by atoms with Crippen LogP contribution in [0.3, 0.4) is 0 Å². The molecule has 0 aliphatic carbocycles. The lowest BCUT2D eigenvalue weighted by molar-refractivity contribution is 0.0915. The molecule has 6 heteroatoms. The highest BCUT2D eigenvalue weighted by molar-refractivity contribution is 7.80. The third-order valence-corrected chi connectivity index (χ3v) is 3.89. The lowest BCUT2D eigenvalue weighted by Gasteiger charge is -2.32. The van der Waals surface area contributed by atoms with Crippen molar-refractivity contribution >= 4 is 23.1 Å². The van der Waals surface area contributed by atoms with Crippen LogP contribution in [-0.2, 0) is 0 Å². The lowest BCUT2D eigenvalue weighted by atomic mass is 10.0. The minimum atomic E-state index is -0.0918. The summed E-state index contributed by atoms with van der Waals surface area (Å²) in [5, 5.41) is 12.5. The number of carbonyl (C=O) groups is 1. The molecule has 0 radical (unpaired) electrons. The zero-order valence-corrected chi connectivity index (χ0v) is 12.9. The Hall–Kier alpha value is -1.66. The van der Waals surface area contributed by atoms with Gasteiger partial charge < -0.3 is 16.2 Å². The molecule has 1 aliphatic rings. The molecule has 1 aromatic carbocycles. The summed E-state index contributed by atoms with van der Waals surface area (Å²) in [6, 6.07) is 5.07. The zero-order chi connectivity index (χ0) is 15.4. The molecule has 0 atom stereocenters.